The number of hydrogen-bond acceptors (Lipinski definition) is 5. The van der Waals surface area contributed by atoms with Gasteiger partial charge in [-0.05, 0) is 30.7 Å². The van der Waals surface area contributed by atoms with Gasteiger partial charge in [0, 0.05) is 18.9 Å². The monoisotopic (exact) mass is 284 g/mol. The molecule has 1 heterocycles. The summed E-state index contributed by atoms with van der Waals surface area (Å²) in [6.45, 7) is 2.44. The molecule has 0 saturated carbocycles. The van der Waals surface area contributed by atoms with Gasteiger partial charge in [-0.1, -0.05) is 12.1 Å². The van der Waals surface area contributed by atoms with E-state index in [9.17, 15) is 0 Å². The number of likely N-dealkylation sites (N-methyl/N-ethyl adjacent to an activating group) is 1. The molecular formula is C15H20N6. The van der Waals surface area contributed by atoms with Gasteiger partial charge in [-0.25, -0.2) is 9.97 Å². The van der Waals surface area contributed by atoms with E-state index in [1.54, 1.807) is 24.2 Å². The Balaban J connectivity index is 1.94. The SMILES string of the molecule is Cc1cccc(NCC(=N)N(C)C(N)c2ccncn2)c1. The van der Waals surface area contributed by atoms with Gasteiger partial charge in [0.25, 0.3) is 0 Å². The van der Waals surface area contributed by atoms with Crippen LogP contribution in [0, 0.1) is 12.3 Å². The van der Waals surface area contributed by atoms with Crippen LogP contribution in [0.5, 0.6) is 0 Å². The molecule has 0 fully saturated rings. The molecule has 1 aromatic carbocycles. The van der Waals surface area contributed by atoms with E-state index in [1.807, 2.05) is 31.2 Å². The summed E-state index contributed by atoms with van der Waals surface area (Å²) in [5, 5.41) is 11.3. The van der Waals surface area contributed by atoms with E-state index < -0.39 is 6.17 Å². The maximum Gasteiger partial charge on any atom is 0.121 e. The van der Waals surface area contributed by atoms with Crippen LogP contribution in [0.3, 0.4) is 0 Å². The number of aromatic nitrogens is 2. The Bertz CT molecular complexity index is 598. The van der Waals surface area contributed by atoms with E-state index in [0.29, 0.717) is 18.1 Å². The molecule has 2 aromatic rings. The first-order valence-corrected chi connectivity index (χ1v) is 6.70. The summed E-state index contributed by atoms with van der Waals surface area (Å²) in [5.41, 5.74) is 8.96. The number of anilines is 1. The zero-order valence-corrected chi connectivity index (χ0v) is 12.2. The van der Waals surface area contributed by atoms with Crippen LogP contribution in [-0.2, 0) is 0 Å². The van der Waals surface area contributed by atoms with Crippen LogP contribution < -0.4 is 11.1 Å². The Morgan fingerprint density at radius 2 is 2.24 bits per heavy atom. The van der Waals surface area contributed by atoms with Crippen molar-refractivity contribution < 1.29 is 0 Å². The molecule has 0 saturated heterocycles. The maximum absolute atomic E-state index is 8.12. The van der Waals surface area contributed by atoms with Crippen LogP contribution >= 0.6 is 0 Å². The second-order valence-corrected chi connectivity index (χ2v) is 4.86. The number of benzene rings is 1. The van der Waals surface area contributed by atoms with Gasteiger partial charge in [0.2, 0.25) is 0 Å². The summed E-state index contributed by atoms with van der Waals surface area (Å²) in [6.07, 6.45) is 2.64. The molecule has 110 valence electrons. The molecule has 6 nitrogen and oxygen atoms in total. The van der Waals surface area contributed by atoms with Crippen molar-refractivity contribution in [1.29, 1.82) is 5.41 Å². The third kappa shape index (κ3) is 4.00. The smallest absolute Gasteiger partial charge is 0.121 e. The number of aryl methyl sites for hydroxylation is 1. The number of hydrogen-bond donors (Lipinski definition) is 3. The van der Waals surface area contributed by atoms with Crippen LogP contribution in [0.1, 0.15) is 17.4 Å². The second-order valence-electron chi connectivity index (χ2n) is 4.86. The Morgan fingerprint density at radius 3 is 2.90 bits per heavy atom. The van der Waals surface area contributed by atoms with Gasteiger partial charge in [0.1, 0.15) is 18.3 Å². The van der Waals surface area contributed by atoms with Crippen LogP contribution in [0.4, 0.5) is 5.69 Å². The molecule has 0 radical (unpaired) electrons. The highest BCUT2D eigenvalue weighted by Crippen LogP contribution is 2.12. The molecule has 21 heavy (non-hydrogen) atoms. The first kappa shape index (κ1) is 14.9. The summed E-state index contributed by atoms with van der Waals surface area (Å²) in [7, 11) is 1.78. The minimum atomic E-state index is -0.459. The number of nitrogens with one attached hydrogen (secondary N) is 2. The zero-order chi connectivity index (χ0) is 15.2. The highest BCUT2D eigenvalue weighted by molar-refractivity contribution is 5.83. The number of rotatable bonds is 5. The first-order chi connectivity index (χ1) is 10.1. The van der Waals surface area contributed by atoms with Crippen molar-refractivity contribution in [2.45, 2.75) is 13.1 Å². The molecule has 1 atom stereocenters. The highest BCUT2D eigenvalue weighted by Gasteiger charge is 2.15. The van der Waals surface area contributed by atoms with Crippen molar-refractivity contribution in [3.05, 3.63) is 54.1 Å². The van der Waals surface area contributed by atoms with Crippen LogP contribution in [0.2, 0.25) is 0 Å². The average Bonchev–Trinajstić information content (AvgIpc) is 2.52. The van der Waals surface area contributed by atoms with Crippen molar-refractivity contribution in [1.82, 2.24) is 14.9 Å². The molecule has 1 aromatic heterocycles. The standard InChI is InChI=1S/C15H20N6/c1-11-4-3-5-12(8-11)19-9-14(16)21(2)15(17)13-6-7-18-10-20-13/h3-8,10,15-16,19H,9,17H2,1-2H3. The van der Waals surface area contributed by atoms with Gasteiger partial charge in [0.15, 0.2) is 0 Å². The number of nitrogens with two attached hydrogens (primary N) is 1. The highest BCUT2D eigenvalue weighted by atomic mass is 15.2. The Kier molecular flexibility index (Phi) is 4.84. The van der Waals surface area contributed by atoms with Gasteiger partial charge >= 0.3 is 0 Å². The van der Waals surface area contributed by atoms with E-state index in [4.69, 9.17) is 11.1 Å². The largest absolute Gasteiger partial charge is 0.378 e. The van der Waals surface area contributed by atoms with Gasteiger partial charge in [-0.15, -0.1) is 0 Å². The Hall–Kier alpha value is -2.47. The summed E-state index contributed by atoms with van der Waals surface area (Å²) in [6, 6.07) is 9.79. The van der Waals surface area contributed by atoms with E-state index in [0.717, 1.165) is 5.69 Å². The summed E-state index contributed by atoms with van der Waals surface area (Å²) >= 11 is 0. The molecular weight excluding hydrogens is 264 g/mol. The fourth-order valence-corrected chi connectivity index (χ4v) is 1.91. The van der Waals surface area contributed by atoms with Gasteiger partial charge < -0.3 is 16.0 Å². The lowest BCUT2D eigenvalue weighted by molar-refractivity contribution is 0.371. The fourth-order valence-electron chi connectivity index (χ4n) is 1.91. The molecule has 2 rings (SSSR count). The van der Waals surface area contributed by atoms with E-state index in [-0.39, 0.29) is 0 Å². The second kappa shape index (κ2) is 6.81. The van der Waals surface area contributed by atoms with Crippen molar-refractivity contribution in [3.63, 3.8) is 0 Å². The fraction of sp³-hybridized carbons (Fsp3) is 0.267. The van der Waals surface area contributed by atoms with Crippen molar-refractivity contribution in [2.75, 3.05) is 18.9 Å². The predicted molar refractivity (Wildman–Crippen MR) is 84.1 cm³/mol. The maximum atomic E-state index is 8.12. The molecule has 0 amide bonds. The van der Waals surface area contributed by atoms with Crippen molar-refractivity contribution in [2.24, 2.45) is 5.73 Å². The molecule has 0 aliphatic rings. The van der Waals surface area contributed by atoms with E-state index in [2.05, 4.69) is 15.3 Å². The Morgan fingerprint density at radius 1 is 1.43 bits per heavy atom. The van der Waals surface area contributed by atoms with E-state index >= 15 is 0 Å². The summed E-state index contributed by atoms with van der Waals surface area (Å²) in [5.74, 6) is 0.391. The topological polar surface area (TPSA) is 90.9 Å². The van der Waals surface area contributed by atoms with Gasteiger partial charge in [0.05, 0.1) is 12.2 Å². The van der Waals surface area contributed by atoms with Crippen LogP contribution in [0.25, 0.3) is 0 Å². The third-order valence-electron chi connectivity index (χ3n) is 3.23. The lowest BCUT2D eigenvalue weighted by Gasteiger charge is -2.26. The molecule has 6 heteroatoms. The summed E-state index contributed by atoms with van der Waals surface area (Å²) in [4.78, 5) is 9.67. The molecule has 0 spiro atoms. The lowest BCUT2D eigenvalue weighted by Crippen LogP contribution is -2.39. The van der Waals surface area contributed by atoms with Gasteiger partial charge in [-0.2, -0.15) is 0 Å². The zero-order valence-electron chi connectivity index (χ0n) is 12.2. The number of amidine groups is 1. The molecule has 4 N–H and O–H groups in total. The first-order valence-electron chi connectivity index (χ1n) is 6.70. The summed E-state index contributed by atoms with van der Waals surface area (Å²) < 4.78 is 0. The molecule has 1 unspecified atom stereocenters. The minimum absolute atomic E-state index is 0.391. The Labute approximate surface area is 124 Å². The number of nitrogens with zero attached hydrogens (tertiary/aromatic N) is 3. The molecule has 0 bridgehead atoms. The van der Waals surface area contributed by atoms with Crippen molar-refractivity contribution in [3.8, 4) is 0 Å². The van der Waals surface area contributed by atoms with Crippen LogP contribution in [-0.4, -0.2) is 34.3 Å². The minimum Gasteiger partial charge on any atom is -0.378 e. The quantitative estimate of drug-likeness (QED) is 0.442. The average molecular weight is 284 g/mol. The predicted octanol–water partition coefficient (Wildman–Crippen LogP) is 1.76. The van der Waals surface area contributed by atoms with E-state index in [1.165, 1.54) is 11.9 Å². The van der Waals surface area contributed by atoms with Crippen LogP contribution in [0.15, 0.2) is 42.9 Å². The molecule has 0 aliphatic carbocycles. The van der Waals surface area contributed by atoms with Gasteiger partial charge in [-0.3, -0.25) is 5.41 Å². The normalized spacial score (nSPS) is 11.8. The lowest BCUT2D eigenvalue weighted by atomic mass is 10.2. The molecule has 0 aliphatic heterocycles. The third-order valence-corrected chi connectivity index (χ3v) is 3.23. The van der Waals surface area contributed by atoms with Crippen molar-refractivity contribution >= 4 is 11.5 Å².